The molecule has 0 saturated carbocycles. The lowest BCUT2D eigenvalue weighted by Gasteiger charge is -2.19. The number of benzene rings is 1. The Bertz CT molecular complexity index is 1130. The summed E-state index contributed by atoms with van der Waals surface area (Å²) in [6.07, 6.45) is 2.98. The van der Waals surface area contributed by atoms with Gasteiger partial charge < -0.3 is 19.9 Å². The van der Waals surface area contributed by atoms with Crippen LogP contribution in [0.4, 0.5) is 0 Å². The van der Waals surface area contributed by atoms with Gasteiger partial charge >= 0.3 is 0 Å². The number of fused-ring (bicyclic) bond motifs is 1. The van der Waals surface area contributed by atoms with E-state index in [1.54, 1.807) is 13.2 Å². The topological polar surface area (TPSA) is 124 Å². The number of carbonyl (C=O) groups is 2. The Labute approximate surface area is 172 Å². The van der Waals surface area contributed by atoms with Gasteiger partial charge in [-0.3, -0.25) is 9.59 Å². The van der Waals surface area contributed by atoms with Crippen LogP contribution in [-0.2, 0) is 4.79 Å². The van der Waals surface area contributed by atoms with Gasteiger partial charge in [0.15, 0.2) is 5.65 Å². The summed E-state index contributed by atoms with van der Waals surface area (Å²) in [5.41, 5.74) is 2.04. The molecule has 9 heteroatoms. The Morgan fingerprint density at radius 1 is 1.33 bits per heavy atom. The highest BCUT2D eigenvalue weighted by Crippen LogP contribution is 2.23. The normalized spacial score (nSPS) is 15.7. The molecule has 1 aliphatic rings. The Kier molecular flexibility index (Phi) is 5.30. The van der Waals surface area contributed by atoms with Crippen LogP contribution in [0.15, 0.2) is 36.5 Å². The minimum absolute atomic E-state index is 0.170. The lowest BCUT2D eigenvalue weighted by molar-refractivity contribution is -0.130. The first-order chi connectivity index (χ1) is 14.6. The van der Waals surface area contributed by atoms with E-state index in [9.17, 15) is 9.59 Å². The van der Waals surface area contributed by atoms with Crippen molar-refractivity contribution in [1.82, 2.24) is 25.2 Å². The maximum absolute atomic E-state index is 12.7. The average molecular weight is 404 g/mol. The molecule has 3 heterocycles. The Morgan fingerprint density at radius 2 is 2.13 bits per heavy atom. The number of nitrogens with zero attached hydrogens (tertiary/aromatic N) is 4. The van der Waals surface area contributed by atoms with E-state index >= 15 is 0 Å². The summed E-state index contributed by atoms with van der Waals surface area (Å²) in [6, 6.07) is 10.6. The van der Waals surface area contributed by atoms with Gasteiger partial charge in [0, 0.05) is 18.3 Å². The molecule has 30 heavy (non-hydrogen) atoms. The first-order valence-corrected chi connectivity index (χ1v) is 9.57. The van der Waals surface area contributed by atoms with Crippen LogP contribution in [0.3, 0.4) is 0 Å². The highest BCUT2D eigenvalue weighted by molar-refractivity contribution is 6.05. The number of ether oxygens (including phenoxy) is 1. The van der Waals surface area contributed by atoms with E-state index in [0.717, 1.165) is 17.7 Å². The van der Waals surface area contributed by atoms with E-state index in [4.69, 9.17) is 10.00 Å². The zero-order valence-electron chi connectivity index (χ0n) is 16.4. The number of aromatic nitrogens is 3. The van der Waals surface area contributed by atoms with Crippen LogP contribution in [-0.4, -0.2) is 57.9 Å². The summed E-state index contributed by atoms with van der Waals surface area (Å²) in [7, 11) is 1.60. The fourth-order valence-corrected chi connectivity index (χ4v) is 3.53. The largest absolute Gasteiger partial charge is 0.497 e. The van der Waals surface area contributed by atoms with Gasteiger partial charge in [0.05, 0.1) is 25.3 Å². The first kappa shape index (κ1) is 19.4. The molecule has 2 amide bonds. The van der Waals surface area contributed by atoms with E-state index < -0.39 is 11.9 Å². The fourth-order valence-electron chi connectivity index (χ4n) is 3.53. The zero-order chi connectivity index (χ0) is 21.1. The van der Waals surface area contributed by atoms with Crippen LogP contribution < -0.4 is 10.1 Å². The molecule has 4 rings (SSSR count). The molecular formula is C21H20N6O3. The van der Waals surface area contributed by atoms with Gasteiger partial charge in [-0.05, 0) is 43.2 Å². The molecule has 1 aliphatic heterocycles. The van der Waals surface area contributed by atoms with Crippen molar-refractivity contribution >= 4 is 23.0 Å². The number of hydrogen-bond donors (Lipinski definition) is 2. The number of likely N-dealkylation sites (tertiary alicyclic amines) is 1. The third kappa shape index (κ3) is 3.67. The number of rotatable bonds is 5. The highest BCUT2D eigenvalue weighted by atomic mass is 16.5. The van der Waals surface area contributed by atoms with Crippen LogP contribution in [0.2, 0.25) is 0 Å². The van der Waals surface area contributed by atoms with Gasteiger partial charge in [0.25, 0.3) is 5.91 Å². The van der Waals surface area contributed by atoms with Crippen molar-refractivity contribution in [3.8, 4) is 23.2 Å². The number of carbonyl (C=O) groups excluding carboxylic acids is 2. The minimum Gasteiger partial charge on any atom is -0.497 e. The third-order valence-corrected chi connectivity index (χ3v) is 5.12. The van der Waals surface area contributed by atoms with Gasteiger partial charge in [-0.15, -0.1) is 0 Å². The molecule has 0 bridgehead atoms. The summed E-state index contributed by atoms with van der Waals surface area (Å²) < 4.78 is 5.17. The van der Waals surface area contributed by atoms with Crippen LogP contribution in [0.1, 0.15) is 23.2 Å². The van der Waals surface area contributed by atoms with Gasteiger partial charge in [0.2, 0.25) is 5.91 Å². The van der Waals surface area contributed by atoms with E-state index in [0.29, 0.717) is 35.5 Å². The number of nitriles is 1. The average Bonchev–Trinajstić information content (AvgIpc) is 3.44. The fraction of sp³-hybridized carbons (Fsp3) is 0.286. The molecule has 0 radical (unpaired) electrons. The number of amides is 2. The number of nitrogens with one attached hydrogen (secondary N) is 2. The molecule has 1 unspecified atom stereocenters. The molecule has 1 saturated heterocycles. The maximum Gasteiger partial charge on any atom is 0.254 e. The van der Waals surface area contributed by atoms with Crippen LogP contribution in [0.5, 0.6) is 5.75 Å². The molecule has 2 aromatic heterocycles. The SMILES string of the molecule is COc1ccc(-c2nc3c(C(=O)NCC(=O)N4CCCC4C#N)ccnc3[nH]2)cc1. The smallest absolute Gasteiger partial charge is 0.254 e. The number of pyridine rings is 1. The van der Waals surface area contributed by atoms with Crippen molar-refractivity contribution in [2.45, 2.75) is 18.9 Å². The predicted octanol–water partition coefficient (Wildman–Crippen LogP) is 1.88. The molecule has 1 fully saturated rings. The van der Waals surface area contributed by atoms with Gasteiger partial charge in [0.1, 0.15) is 23.1 Å². The molecule has 3 aromatic rings. The second kappa shape index (κ2) is 8.21. The van der Waals surface area contributed by atoms with Gasteiger partial charge in [-0.2, -0.15) is 5.26 Å². The molecular weight excluding hydrogens is 384 g/mol. The second-order valence-electron chi connectivity index (χ2n) is 6.93. The molecule has 1 aromatic carbocycles. The first-order valence-electron chi connectivity index (χ1n) is 9.57. The second-order valence-corrected chi connectivity index (χ2v) is 6.93. The highest BCUT2D eigenvalue weighted by Gasteiger charge is 2.28. The number of aromatic amines is 1. The Balaban J connectivity index is 1.52. The maximum atomic E-state index is 12.7. The van der Waals surface area contributed by atoms with Crippen molar-refractivity contribution in [2.24, 2.45) is 0 Å². The Hall–Kier alpha value is -3.93. The summed E-state index contributed by atoms with van der Waals surface area (Å²) in [4.78, 5) is 38.5. The van der Waals surface area contributed by atoms with Crippen LogP contribution in [0.25, 0.3) is 22.6 Å². The molecule has 0 aliphatic carbocycles. The lowest BCUT2D eigenvalue weighted by atomic mass is 10.2. The summed E-state index contributed by atoms with van der Waals surface area (Å²) in [6.45, 7) is 0.369. The minimum atomic E-state index is -0.420. The molecule has 152 valence electrons. The van der Waals surface area contributed by atoms with Crippen molar-refractivity contribution in [1.29, 1.82) is 5.26 Å². The van der Waals surface area contributed by atoms with Crippen molar-refractivity contribution in [3.05, 3.63) is 42.1 Å². The molecule has 2 N–H and O–H groups in total. The standard InChI is InChI=1S/C21H20N6O3/c1-30-15-6-4-13(5-7-15)19-25-18-16(8-9-23-20(18)26-19)21(29)24-12-17(28)27-10-2-3-14(27)11-22/h4-9,14H,2-3,10,12H2,1H3,(H,24,29)(H,23,25,26). The number of H-pyrrole nitrogens is 1. The monoisotopic (exact) mass is 404 g/mol. The van der Waals surface area contributed by atoms with Crippen molar-refractivity contribution in [2.75, 3.05) is 20.2 Å². The predicted molar refractivity (Wildman–Crippen MR) is 109 cm³/mol. The van der Waals surface area contributed by atoms with E-state index in [1.807, 2.05) is 24.3 Å². The van der Waals surface area contributed by atoms with E-state index in [-0.39, 0.29) is 12.5 Å². The number of imidazole rings is 1. The van der Waals surface area contributed by atoms with Crippen molar-refractivity contribution in [3.63, 3.8) is 0 Å². The molecule has 9 nitrogen and oxygen atoms in total. The van der Waals surface area contributed by atoms with Gasteiger partial charge in [-0.1, -0.05) is 0 Å². The lowest BCUT2D eigenvalue weighted by Crippen LogP contribution is -2.42. The van der Waals surface area contributed by atoms with E-state index in [2.05, 4.69) is 26.3 Å². The summed E-state index contributed by atoms with van der Waals surface area (Å²) in [5.74, 6) is 0.620. The quantitative estimate of drug-likeness (QED) is 0.669. The van der Waals surface area contributed by atoms with E-state index in [1.165, 1.54) is 11.1 Å². The zero-order valence-corrected chi connectivity index (χ0v) is 16.4. The number of hydrogen-bond acceptors (Lipinski definition) is 6. The Morgan fingerprint density at radius 3 is 2.87 bits per heavy atom. The molecule has 0 spiro atoms. The van der Waals surface area contributed by atoms with Crippen molar-refractivity contribution < 1.29 is 14.3 Å². The molecule has 1 atom stereocenters. The van der Waals surface area contributed by atoms with Crippen LogP contribution in [0, 0.1) is 11.3 Å². The number of methoxy groups -OCH3 is 1. The van der Waals surface area contributed by atoms with Crippen LogP contribution >= 0.6 is 0 Å². The third-order valence-electron chi connectivity index (χ3n) is 5.12. The summed E-state index contributed by atoms with van der Waals surface area (Å²) in [5, 5.41) is 11.8. The summed E-state index contributed by atoms with van der Waals surface area (Å²) >= 11 is 0. The van der Waals surface area contributed by atoms with Gasteiger partial charge in [-0.25, -0.2) is 9.97 Å².